The zero-order chi connectivity index (χ0) is 22.6. The second kappa shape index (κ2) is 8.96. The van der Waals surface area contributed by atoms with E-state index in [1.54, 1.807) is 21.0 Å². The molecule has 0 aliphatic rings. The van der Waals surface area contributed by atoms with E-state index in [2.05, 4.69) is 27.1 Å². The van der Waals surface area contributed by atoms with Crippen molar-refractivity contribution in [3.63, 3.8) is 0 Å². The fraction of sp³-hybridized carbons (Fsp3) is 0.154. The average Bonchev–Trinajstić information content (AvgIpc) is 2.79. The Hall–Kier alpha value is -4.08. The predicted molar refractivity (Wildman–Crippen MR) is 126 cm³/mol. The molecule has 0 aliphatic heterocycles. The summed E-state index contributed by atoms with van der Waals surface area (Å²) in [6.45, 7) is 3.30. The van der Waals surface area contributed by atoms with Gasteiger partial charge in [0.15, 0.2) is 11.5 Å². The van der Waals surface area contributed by atoms with Gasteiger partial charge in [-0.05, 0) is 56.3 Å². The number of ether oxygens (including phenoxy) is 2. The lowest BCUT2D eigenvalue weighted by Crippen LogP contribution is -2.14. The number of para-hydroxylation sites is 1. The van der Waals surface area contributed by atoms with Gasteiger partial charge in [-0.1, -0.05) is 30.0 Å². The van der Waals surface area contributed by atoms with Crippen LogP contribution in [-0.2, 0) is 0 Å². The summed E-state index contributed by atoms with van der Waals surface area (Å²) in [5.41, 5.74) is 1.27. The number of nitrogens with one attached hydrogen (secondary N) is 1. The molecule has 3 aromatic carbocycles. The molecule has 32 heavy (non-hydrogen) atoms. The molecular formula is C26H23N3O3. The molecule has 4 aromatic rings. The van der Waals surface area contributed by atoms with Gasteiger partial charge in [0, 0.05) is 22.7 Å². The van der Waals surface area contributed by atoms with E-state index in [1.807, 2.05) is 66.7 Å². The van der Waals surface area contributed by atoms with Crippen LogP contribution in [0.3, 0.4) is 0 Å². The van der Waals surface area contributed by atoms with Crippen molar-refractivity contribution in [2.75, 3.05) is 12.4 Å². The first-order valence-electron chi connectivity index (χ1n) is 10.1. The van der Waals surface area contributed by atoms with Crippen LogP contribution in [0.1, 0.15) is 19.4 Å². The highest BCUT2D eigenvalue weighted by Gasteiger charge is 2.10. The smallest absolute Gasteiger partial charge is 0.169 e. The van der Waals surface area contributed by atoms with E-state index in [4.69, 9.17) is 9.47 Å². The van der Waals surface area contributed by atoms with E-state index in [0.29, 0.717) is 17.3 Å². The molecule has 1 aromatic heterocycles. The van der Waals surface area contributed by atoms with Crippen molar-refractivity contribution in [2.24, 2.45) is 0 Å². The summed E-state index contributed by atoms with van der Waals surface area (Å²) in [6.07, 6.45) is 1.51. The lowest BCUT2D eigenvalue weighted by molar-refractivity contribution is 0.143. The zero-order valence-corrected chi connectivity index (χ0v) is 18.1. The minimum Gasteiger partial charge on any atom is -0.493 e. The molecule has 0 aliphatic carbocycles. The number of anilines is 2. The first kappa shape index (κ1) is 21.2. The number of methoxy groups -OCH3 is 1. The van der Waals surface area contributed by atoms with E-state index >= 15 is 0 Å². The summed E-state index contributed by atoms with van der Waals surface area (Å²) < 4.78 is 11.5. The van der Waals surface area contributed by atoms with Crippen molar-refractivity contribution in [1.82, 2.24) is 9.97 Å². The summed E-state index contributed by atoms with van der Waals surface area (Å²) in [7, 11) is 1.60. The highest BCUT2D eigenvalue weighted by molar-refractivity contribution is 5.91. The number of nitrogens with zero attached hydrogens (tertiary/aromatic N) is 2. The molecule has 0 radical (unpaired) electrons. The lowest BCUT2D eigenvalue weighted by Gasteiger charge is -2.13. The van der Waals surface area contributed by atoms with Gasteiger partial charge in [-0.3, -0.25) is 0 Å². The largest absolute Gasteiger partial charge is 0.493 e. The maximum absolute atomic E-state index is 9.87. The normalized spacial score (nSPS) is 10.9. The third kappa shape index (κ3) is 5.15. The minimum atomic E-state index is -1.07. The minimum absolute atomic E-state index is 0.592. The number of benzene rings is 3. The van der Waals surface area contributed by atoms with Gasteiger partial charge in [-0.2, -0.15) is 0 Å². The monoisotopic (exact) mass is 425 g/mol. The second-order valence-electron chi connectivity index (χ2n) is 7.67. The number of aliphatic hydroxyl groups is 1. The summed E-state index contributed by atoms with van der Waals surface area (Å²) in [5.74, 6) is 8.40. The Morgan fingerprint density at radius 3 is 2.50 bits per heavy atom. The van der Waals surface area contributed by atoms with Gasteiger partial charge in [0.1, 0.15) is 23.5 Å². The summed E-state index contributed by atoms with van der Waals surface area (Å²) >= 11 is 0. The van der Waals surface area contributed by atoms with Crippen LogP contribution in [0, 0.1) is 11.8 Å². The van der Waals surface area contributed by atoms with Crippen molar-refractivity contribution in [3.8, 4) is 29.1 Å². The highest BCUT2D eigenvalue weighted by Crippen LogP contribution is 2.35. The summed E-state index contributed by atoms with van der Waals surface area (Å²) in [4.78, 5) is 8.74. The van der Waals surface area contributed by atoms with Gasteiger partial charge >= 0.3 is 0 Å². The van der Waals surface area contributed by atoms with Crippen LogP contribution in [0.4, 0.5) is 11.5 Å². The standard InChI is InChI=1S/C26H23N3O3/c1-26(2,30)14-13-18-9-11-22-21(15-18)25(28-17-27-22)29-19-10-12-23(24(16-19)31-3)32-20-7-5-4-6-8-20/h4-12,15-17,30H,1-3H3,(H,27,28,29). The summed E-state index contributed by atoms with van der Waals surface area (Å²) in [6, 6.07) is 20.8. The van der Waals surface area contributed by atoms with Gasteiger partial charge in [0.25, 0.3) is 0 Å². The molecule has 6 heteroatoms. The fourth-order valence-corrected chi connectivity index (χ4v) is 3.04. The average molecular weight is 425 g/mol. The number of aromatic nitrogens is 2. The highest BCUT2D eigenvalue weighted by atomic mass is 16.5. The third-order valence-electron chi connectivity index (χ3n) is 4.55. The van der Waals surface area contributed by atoms with Crippen LogP contribution >= 0.6 is 0 Å². The van der Waals surface area contributed by atoms with Gasteiger partial charge < -0.3 is 19.9 Å². The Balaban J connectivity index is 1.64. The molecular weight excluding hydrogens is 402 g/mol. The number of hydrogen-bond donors (Lipinski definition) is 2. The van der Waals surface area contributed by atoms with Crippen molar-refractivity contribution >= 4 is 22.4 Å². The maximum Gasteiger partial charge on any atom is 0.169 e. The third-order valence-corrected chi connectivity index (χ3v) is 4.55. The Bertz CT molecular complexity index is 1300. The van der Waals surface area contributed by atoms with Crippen LogP contribution in [0.25, 0.3) is 10.9 Å². The fourth-order valence-electron chi connectivity index (χ4n) is 3.04. The van der Waals surface area contributed by atoms with Crippen LogP contribution in [0.2, 0.25) is 0 Å². The van der Waals surface area contributed by atoms with Gasteiger partial charge in [0.05, 0.1) is 12.6 Å². The number of rotatable bonds is 5. The second-order valence-corrected chi connectivity index (χ2v) is 7.67. The first-order chi connectivity index (χ1) is 15.4. The molecule has 0 fully saturated rings. The Kier molecular flexibility index (Phi) is 5.93. The van der Waals surface area contributed by atoms with E-state index in [0.717, 1.165) is 27.9 Å². The summed E-state index contributed by atoms with van der Waals surface area (Å²) in [5, 5.41) is 14.0. The van der Waals surface area contributed by atoms with Crippen molar-refractivity contribution in [1.29, 1.82) is 0 Å². The quantitative estimate of drug-likeness (QED) is 0.423. The Morgan fingerprint density at radius 1 is 0.938 bits per heavy atom. The Morgan fingerprint density at radius 2 is 1.75 bits per heavy atom. The predicted octanol–water partition coefficient (Wildman–Crippen LogP) is 5.30. The van der Waals surface area contributed by atoms with Gasteiger partial charge in [-0.15, -0.1) is 0 Å². The van der Waals surface area contributed by atoms with Crippen LogP contribution < -0.4 is 14.8 Å². The molecule has 0 spiro atoms. The van der Waals surface area contributed by atoms with E-state index in [9.17, 15) is 5.11 Å². The first-order valence-corrected chi connectivity index (χ1v) is 10.1. The maximum atomic E-state index is 9.87. The van der Waals surface area contributed by atoms with Crippen LogP contribution in [0.5, 0.6) is 17.2 Å². The molecule has 0 saturated carbocycles. The molecule has 0 amide bonds. The number of fused-ring (bicyclic) bond motifs is 1. The lowest BCUT2D eigenvalue weighted by atomic mass is 10.1. The molecule has 4 rings (SSSR count). The van der Waals surface area contributed by atoms with Gasteiger partial charge in [-0.25, -0.2) is 9.97 Å². The van der Waals surface area contributed by atoms with Crippen molar-refractivity contribution in [2.45, 2.75) is 19.4 Å². The van der Waals surface area contributed by atoms with Crippen molar-refractivity contribution < 1.29 is 14.6 Å². The molecule has 0 unspecified atom stereocenters. The van der Waals surface area contributed by atoms with Crippen molar-refractivity contribution in [3.05, 3.63) is 78.6 Å². The van der Waals surface area contributed by atoms with Crippen LogP contribution in [0.15, 0.2) is 73.1 Å². The molecule has 0 bridgehead atoms. The Labute approximate surface area is 186 Å². The van der Waals surface area contributed by atoms with E-state index in [1.165, 1.54) is 6.33 Å². The molecule has 6 nitrogen and oxygen atoms in total. The topological polar surface area (TPSA) is 76.5 Å². The van der Waals surface area contributed by atoms with Gasteiger partial charge in [0.2, 0.25) is 0 Å². The molecule has 0 atom stereocenters. The molecule has 160 valence electrons. The zero-order valence-electron chi connectivity index (χ0n) is 18.1. The SMILES string of the molecule is COc1cc(Nc2ncnc3ccc(C#CC(C)(C)O)cc23)ccc1Oc1ccccc1. The number of hydrogen-bond acceptors (Lipinski definition) is 6. The van der Waals surface area contributed by atoms with Crippen LogP contribution in [-0.4, -0.2) is 27.8 Å². The molecule has 1 heterocycles. The molecule has 2 N–H and O–H groups in total. The molecule has 0 saturated heterocycles. The van der Waals surface area contributed by atoms with E-state index in [-0.39, 0.29) is 0 Å². The van der Waals surface area contributed by atoms with E-state index < -0.39 is 5.60 Å².